The number of halogens is 3. The van der Waals surface area contributed by atoms with E-state index < -0.39 is 33.6 Å². The lowest BCUT2D eigenvalue weighted by Crippen LogP contribution is -2.27. The second-order valence-corrected chi connectivity index (χ2v) is 6.52. The van der Waals surface area contributed by atoms with Crippen molar-refractivity contribution in [1.29, 1.82) is 0 Å². The molecule has 1 aromatic carbocycles. The molecule has 1 N–H and O–H groups in total. The van der Waals surface area contributed by atoms with Crippen LogP contribution in [0.25, 0.3) is 0 Å². The van der Waals surface area contributed by atoms with Crippen LogP contribution in [0.4, 0.5) is 9.57 Å². The molecule has 1 heterocycles. The van der Waals surface area contributed by atoms with Gasteiger partial charge >= 0.3 is 10.2 Å². The molecule has 0 bridgehead atoms. The summed E-state index contributed by atoms with van der Waals surface area (Å²) in [7, 11) is -4.82. The third-order valence-electron chi connectivity index (χ3n) is 2.79. The van der Waals surface area contributed by atoms with Crippen LogP contribution in [0.2, 0.25) is 10.0 Å². The summed E-state index contributed by atoms with van der Waals surface area (Å²) in [6.45, 7) is -0.387. The van der Waals surface area contributed by atoms with E-state index in [1.807, 2.05) is 0 Å². The monoisotopic (exact) mass is 327 g/mol. The van der Waals surface area contributed by atoms with Gasteiger partial charge in [-0.2, -0.15) is 8.42 Å². The Morgan fingerprint density at radius 1 is 1.37 bits per heavy atom. The van der Waals surface area contributed by atoms with Gasteiger partial charge < -0.3 is 10.0 Å². The van der Waals surface area contributed by atoms with Crippen molar-refractivity contribution in [3.63, 3.8) is 0 Å². The Labute approximate surface area is 118 Å². The Kier molecular flexibility index (Phi) is 3.63. The Hall–Kier alpha value is -1.05. The zero-order valence-electron chi connectivity index (χ0n) is 9.31. The minimum Gasteiger partial charge on any atom is -0.504 e. The van der Waals surface area contributed by atoms with E-state index in [2.05, 4.69) is 0 Å². The van der Waals surface area contributed by atoms with E-state index in [0.717, 1.165) is 4.90 Å². The normalized spacial score (nSPS) is 20.1. The van der Waals surface area contributed by atoms with E-state index in [4.69, 9.17) is 23.2 Å². The quantitative estimate of drug-likeness (QED) is 0.844. The molecule has 0 aromatic heterocycles. The molecule has 0 aliphatic carbocycles. The fourth-order valence-electron chi connectivity index (χ4n) is 1.85. The van der Waals surface area contributed by atoms with Gasteiger partial charge in [0.2, 0.25) is 5.91 Å². The predicted molar refractivity (Wildman–Crippen MR) is 68.9 cm³/mol. The van der Waals surface area contributed by atoms with Gasteiger partial charge in [-0.15, -0.1) is 3.89 Å². The minimum absolute atomic E-state index is 0.0337. The summed E-state index contributed by atoms with van der Waals surface area (Å²) >= 11 is 11.5. The molecular weight excluding hydrogens is 320 g/mol. The van der Waals surface area contributed by atoms with Crippen molar-refractivity contribution in [3.8, 4) is 5.75 Å². The summed E-state index contributed by atoms with van der Waals surface area (Å²) in [5, 5.41) is 8.40. The molecule has 1 fully saturated rings. The van der Waals surface area contributed by atoms with E-state index in [0.29, 0.717) is 0 Å². The van der Waals surface area contributed by atoms with Crippen LogP contribution in [0.5, 0.6) is 5.75 Å². The second kappa shape index (κ2) is 4.81. The van der Waals surface area contributed by atoms with Gasteiger partial charge in [0.1, 0.15) is 5.25 Å². The van der Waals surface area contributed by atoms with E-state index in [-0.39, 0.29) is 22.3 Å². The fourth-order valence-corrected chi connectivity index (χ4v) is 3.01. The smallest absolute Gasteiger partial charge is 0.307 e. The van der Waals surface area contributed by atoms with Gasteiger partial charge in [0.25, 0.3) is 0 Å². The number of anilines is 1. The number of nitrogens with zero attached hydrogens (tertiary/aromatic N) is 1. The van der Waals surface area contributed by atoms with Crippen molar-refractivity contribution in [2.24, 2.45) is 0 Å². The van der Waals surface area contributed by atoms with Crippen LogP contribution in [0.1, 0.15) is 6.42 Å². The average Bonchev–Trinajstić information content (AvgIpc) is 2.65. The number of rotatable bonds is 2. The molecule has 0 radical (unpaired) electrons. The van der Waals surface area contributed by atoms with E-state index in [9.17, 15) is 22.2 Å². The van der Waals surface area contributed by atoms with Crippen molar-refractivity contribution in [1.82, 2.24) is 0 Å². The first kappa shape index (κ1) is 14.4. The van der Waals surface area contributed by atoms with Gasteiger partial charge in [-0.05, 0) is 12.1 Å². The molecule has 0 saturated carbocycles. The highest BCUT2D eigenvalue weighted by molar-refractivity contribution is 7.87. The predicted octanol–water partition coefficient (Wildman–Crippen LogP) is 2.10. The molecule has 1 aliphatic heterocycles. The molecule has 104 valence electrons. The number of hydrogen-bond acceptors (Lipinski definition) is 4. The molecule has 1 saturated heterocycles. The van der Waals surface area contributed by atoms with Gasteiger partial charge in [0.15, 0.2) is 5.75 Å². The number of amides is 1. The molecule has 2 rings (SSSR count). The van der Waals surface area contributed by atoms with Crippen LogP contribution in [-0.4, -0.2) is 31.2 Å². The van der Waals surface area contributed by atoms with E-state index in [1.165, 1.54) is 12.1 Å². The van der Waals surface area contributed by atoms with Gasteiger partial charge in [-0.25, -0.2) is 0 Å². The third kappa shape index (κ3) is 2.77. The molecule has 1 aromatic rings. The van der Waals surface area contributed by atoms with Gasteiger partial charge in [0, 0.05) is 18.0 Å². The number of carbonyl (C=O) groups is 1. The van der Waals surface area contributed by atoms with Crippen molar-refractivity contribution in [3.05, 3.63) is 22.2 Å². The van der Waals surface area contributed by atoms with Crippen molar-refractivity contribution < 1.29 is 22.2 Å². The zero-order valence-corrected chi connectivity index (χ0v) is 11.6. The fraction of sp³-hybridized carbons (Fsp3) is 0.300. The molecule has 0 spiro atoms. The molecule has 1 atom stereocenters. The maximum atomic E-state index is 12.9. The van der Waals surface area contributed by atoms with E-state index in [1.54, 1.807) is 0 Å². The van der Waals surface area contributed by atoms with Crippen LogP contribution >= 0.6 is 23.2 Å². The third-order valence-corrected chi connectivity index (χ3v) is 4.40. The summed E-state index contributed by atoms with van der Waals surface area (Å²) < 4.78 is 34.5. The lowest BCUT2D eigenvalue weighted by molar-refractivity contribution is -0.117. The van der Waals surface area contributed by atoms with Crippen LogP contribution in [0.3, 0.4) is 0 Å². The van der Waals surface area contributed by atoms with Gasteiger partial charge in [0.05, 0.1) is 10.7 Å². The number of carbonyl (C=O) groups excluding carboxylic acids is 1. The topological polar surface area (TPSA) is 74.7 Å². The van der Waals surface area contributed by atoms with E-state index >= 15 is 0 Å². The molecule has 19 heavy (non-hydrogen) atoms. The standard InChI is InChI=1S/C10H8Cl2FNO4S/c11-5-1-7(12)10(16)8(2-5)14-4-6(3-9(14)15)19(13,17)18/h1-2,6,16H,3-4H2. The lowest BCUT2D eigenvalue weighted by atomic mass is 10.2. The summed E-state index contributed by atoms with van der Waals surface area (Å²) in [4.78, 5) is 12.7. The minimum atomic E-state index is -4.82. The number of phenols is 1. The summed E-state index contributed by atoms with van der Waals surface area (Å²) in [6, 6.07) is 2.53. The van der Waals surface area contributed by atoms with Crippen molar-refractivity contribution in [2.75, 3.05) is 11.4 Å². The zero-order chi connectivity index (χ0) is 14.4. The number of phenolic OH excluding ortho intramolecular Hbond substituents is 1. The first-order valence-electron chi connectivity index (χ1n) is 5.12. The van der Waals surface area contributed by atoms with Crippen LogP contribution in [0.15, 0.2) is 12.1 Å². The first-order chi connectivity index (χ1) is 8.70. The first-order valence-corrected chi connectivity index (χ1v) is 7.32. The number of aromatic hydroxyl groups is 1. The second-order valence-electron chi connectivity index (χ2n) is 4.06. The van der Waals surface area contributed by atoms with Crippen molar-refractivity contribution in [2.45, 2.75) is 11.7 Å². The molecule has 1 unspecified atom stereocenters. The Balaban J connectivity index is 2.41. The maximum Gasteiger partial charge on any atom is 0.307 e. The molecule has 1 amide bonds. The lowest BCUT2D eigenvalue weighted by Gasteiger charge is -2.18. The molecular formula is C10H8Cl2FNO4S. The Morgan fingerprint density at radius 3 is 2.53 bits per heavy atom. The Bertz CT molecular complexity index is 649. The average molecular weight is 328 g/mol. The highest BCUT2D eigenvalue weighted by atomic mass is 35.5. The largest absolute Gasteiger partial charge is 0.504 e. The number of hydrogen-bond donors (Lipinski definition) is 1. The summed E-state index contributed by atoms with van der Waals surface area (Å²) in [6.07, 6.45) is -0.484. The van der Waals surface area contributed by atoms with Crippen LogP contribution in [0, 0.1) is 0 Å². The van der Waals surface area contributed by atoms with Gasteiger partial charge in [-0.3, -0.25) is 4.79 Å². The van der Waals surface area contributed by atoms with Crippen molar-refractivity contribution >= 4 is 45.0 Å². The summed E-state index contributed by atoms with van der Waals surface area (Å²) in [5.41, 5.74) is -0.0337. The van der Waals surface area contributed by atoms with Gasteiger partial charge in [-0.1, -0.05) is 23.2 Å². The number of benzene rings is 1. The molecule has 9 heteroatoms. The molecule has 5 nitrogen and oxygen atoms in total. The van der Waals surface area contributed by atoms with Crippen LogP contribution in [-0.2, 0) is 15.0 Å². The Morgan fingerprint density at radius 2 is 2.00 bits per heavy atom. The summed E-state index contributed by atoms with van der Waals surface area (Å²) in [5.74, 6) is -1.03. The van der Waals surface area contributed by atoms with Crippen LogP contribution < -0.4 is 4.90 Å². The highest BCUT2D eigenvalue weighted by Crippen LogP contribution is 2.39. The maximum absolute atomic E-state index is 12.9. The SMILES string of the molecule is O=C1CC(S(=O)(=O)F)CN1c1cc(Cl)cc(Cl)c1O. The molecule has 1 aliphatic rings. The highest BCUT2D eigenvalue weighted by Gasteiger charge is 2.40.